The van der Waals surface area contributed by atoms with Crippen molar-refractivity contribution in [2.45, 2.75) is 58.6 Å². The van der Waals surface area contributed by atoms with Gasteiger partial charge in [-0.3, -0.25) is 4.79 Å². The molecular weight excluding hydrogens is 471 g/mol. The van der Waals surface area contributed by atoms with Crippen molar-refractivity contribution < 1.29 is 17.6 Å². The van der Waals surface area contributed by atoms with Crippen molar-refractivity contribution in [3.63, 3.8) is 0 Å². The molecular formula is C26H41FN2O3S2. The summed E-state index contributed by atoms with van der Waals surface area (Å²) in [5.74, 6) is 0.0814. The molecule has 0 spiro atoms. The lowest BCUT2D eigenvalue weighted by Gasteiger charge is -2.26. The van der Waals surface area contributed by atoms with Crippen LogP contribution < -0.4 is 10.2 Å². The number of sulfone groups is 1. The Hall–Kier alpha value is -2.19. The number of carbonyl (C=O) groups is 1. The summed E-state index contributed by atoms with van der Waals surface area (Å²) in [6.07, 6.45) is 5.96. The molecule has 0 aliphatic heterocycles. The highest BCUT2D eigenvalue weighted by atomic mass is 32.2. The van der Waals surface area contributed by atoms with Gasteiger partial charge in [0.15, 0.2) is 9.84 Å². The van der Waals surface area contributed by atoms with Gasteiger partial charge >= 0.3 is 0 Å². The summed E-state index contributed by atoms with van der Waals surface area (Å²) in [6.45, 7) is 13.1. The zero-order chi connectivity index (χ0) is 26.5. The molecule has 2 aromatic rings. The van der Waals surface area contributed by atoms with Gasteiger partial charge in [0.1, 0.15) is 10.0 Å². The summed E-state index contributed by atoms with van der Waals surface area (Å²) in [7, 11) is 0.624. The monoisotopic (exact) mass is 512 g/mol. The van der Waals surface area contributed by atoms with Gasteiger partial charge in [-0.2, -0.15) is 0 Å². The van der Waals surface area contributed by atoms with Crippen molar-refractivity contribution in [1.29, 1.82) is 0 Å². The second-order valence-corrected chi connectivity index (χ2v) is 11.0. The number of benzene rings is 1. The summed E-state index contributed by atoms with van der Waals surface area (Å²) in [4.78, 5) is 13.5. The first-order chi connectivity index (χ1) is 16.0. The molecule has 0 unspecified atom stereocenters. The average Bonchev–Trinajstić information content (AvgIpc) is 3.37. The van der Waals surface area contributed by atoms with Gasteiger partial charge in [-0.05, 0) is 48.4 Å². The van der Waals surface area contributed by atoms with Crippen LogP contribution in [0.4, 0.5) is 10.1 Å². The van der Waals surface area contributed by atoms with Crippen LogP contribution in [0.15, 0.2) is 33.9 Å². The van der Waals surface area contributed by atoms with Crippen LogP contribution in [-0.4, -0.2) is 41.2 Å². The maximum atomic E-state index is 14.8. The van der Waals surface area contributed by atoms with Crippen molar-refractivity contribution in [2.24, 2.45) is 5.92 Å². The number of halogens is 1. The molecule has 0 bridgehead atoms. The van der Waals surface area contributed by atoms with Crippen molar-refractivity contribution in [1.82, 2.24) is 5.32 Å². The Balaban J connectivity index is 0.000000819. The number of carbonyl (C=O) groups excluding carboxylic acids is 1. The fourth-order valence-corrected chi connectivity index (χ4v) is 4.73. The highest BCUT2D eigenvalue weighted by molar-refractivity contribution is 7.92. The average molecular weight is 513 g/mol. The molecule has 192 valence electrons. The second kappa shape index (κ2) is 15.7. The van der Waals surface area contributed by atoms with Crippen LogP contribution in [-0.2, 0) is 21.1 Å². The third-order valence-electron chi connectivity index (χ3n) is 5.19. The molecule has 8 heteroatoms. The predicted molar refractivity (Wildman–Crippen MR) is 145 cm³/mol. The smallest absolute Gasteiger partial charge is 0.243 e. The van der Waals surface area contributed by atoms with E-state index in [0.717, 1.165) is 30.6 Å². The molecule has 1 atom stereocenters. The zero-order valence-corrected chi connectivity index (χ0v) is 23.7. The molecule has 0 fully saturated rings. The van der Waals surface area contributed by atoms with Crippen molar-refractivity contribution in [2.75, 3.05) is 31.8 Å². The zero-order valence-electron chi connectivity index (χ0n) is 22.0. The lowest BCUT2D eigenvalue weighted by molar-refractivity contribution is -0.115. The third kappa shape index (κ3) is 9.97. The van der Waals surface area contributed by atoms with Crippen LogP contribution in [0.1, 0.15) is 57.7 Å². The Morgan fingerprint density at radius 1 is 1.29 bits per heavy atom. The van der Waals surface area contributed by atoms with Gasteiger partial charge in [-0.1, -0.05) is 47.1 Å². The molecule has 1 heterocycles. The Morgan fingerprint density at radius 2 is 1.91 bits per heavy atom. The fourth-order valence-electron chi connectivity index (χ4n) is 3.09. The lowest BCUT2D eigenvalue weighted by Crippen LogP contribution is -2.25. The van der Waals surface area contributed by atoms with E-state index in [1.54, 1.807) is 37.6 Å². The number of thiophene rings is 1. The minimum absolute atomic E-state index is 0.234. The highest BCUT2D eigenvalue weighted by Crippen LogP contribution is 2.29. The maximum absolute atomic E-state index is 14.8. The summed E-state index contributed by atoms with van der Waals surface area (Å²) in [6, 6.07) is 5.37. The van der Waals surface area contributed by atoms with E-state index < -0.39 is 9.84 Å². The quantitative estimate of drug-likeness (QED) is 0.433. The van der Waals surface area contributed by atoms with Crippen molar-refractivity contribution >= 4 is 38.8 Å². The van der Waals surface area contributed by atoms with Crippen molar-refractivity contribution in [3.05, 3.63) is 52.2 Å². The molecule has 0 aliphatic carbocycles. The summed E-state index contributed by atoms with van der Waals surface area (Å²) >= 11 is 1.24. The minimum Gasteiger partial charge on any atom is -0.374 e. The predicted octanol–water partition coefficient (Wildman–Crippen LogP) is 6.12. The number of amides is 1. The molecule has 1 N–H and O–H groups in total. The molecule has 1 aromatic heterocycles. The SMILES string of the molecule is CC.CCc1cc(N(C)C[C@H](C)CC)c(C)c(F)c1/C=C/C(=O)NC.CS(=O)(=O)c1cccs1. The first kappa shape index (κ1) is 31.8. The van der Waals surface area contributed by atoms with Crippen LogP contribution in [0.25, 0.3) is 6.08 Å². The van der Waals surface area contributed by atoms with Crippen LogP contribution in [0.2, 0.25) is 0 Å². The minimum atomic E-state index is -2.94. The molecule has 34 heavy (non-hydrogen) atoms. The van der Waals surface area contributed by atoms with Gasteiger partial charge in [-0.15, -0.1) is 11.3 Å². The van der Waals surface area contributed by atoms with E-state index in [1.165, 1.54) is 23.7 Å². The van der Waals surface area contributed by atoms with Gasteiger partial charge in [0.05, 0.1) is 0 Å². The standard InChI is InChI=1S/C19H29FN2O.C5H6O2S2.C2H6/c1-7-13(3)12-22(6)17-11-15(8-2)16(19(20)14(17)4)9-10-18(23)21-5;1-9(6,7)5-3-2-4-8-5;1-2/h9-11,13H,7-8,12H2,1-6H3,(H,21,23);2-4H,1H3;1-2H3/b10-9+;;/t13-;;/m1../s1. The van der Waals surface area contributed by atoms with Gasteiger partial charge in [0, 0.05) is 49.8 Å². The first-order valence-electron chi connectivity index (χ1n) is 11.6. The number of likely N-dealkylation sites (N-methyl/N-ethyl adjacent to an activating group) is 1. The Bertz CT molecular complexity index is 1020. The normalized spacial score (nSPS) is 11.7. The Labute approximate surface area is 210 Å². The van der Waals surface area contributed by atoms with E-state index in [9.17, 15) is 17.6 Å². The number of aryl methyl sites for hydroxylation is 1. The lowest BCUT2D eigenvalue weighted by atomic mass is 9.98. The van der Waals surface area contributed by atoms with Gasteiger partial charge in [-0.25, -0.2) is 12.8 Å². The fraction of sp³-hybridized carbons (Fsp3) is 0.500. The molecule has 5 nitrogen and oxygen atoms in total. The Kier molecular flexibility index (Phi) is 14.7. The summed E-state index contributed by atoms with van der Waals surface area (Å²) < 4.78 is 36.7. The molecule has 0 saturated carbocycles. The van der Waals surface area contributed by atoms with Crippen LogP contribution in [0.5, 0.6) is 0 Å². The van der Waals surface area contributed by atoms with E-state index >= 15 is 0 Å². The largest absolute Gasteiger partial charge is 0.374 e. The first-order valence-corrected chi connectivity index (χ1v) is 14.4. The number of hydrogen-bond donors (Lipinski definition) is 1. The van der Waals surface area contributed by atoms with Crippen LogP contribution in [0, 0.1) is 18.7 Å². The number of nitrogens with zero attached hydrogens (tertiary/aromatic N) is 1. The number of anilines is 1. The van der Waals surface area contributed by atoms with E-state index in [1.807, 2.05) is 33.9 Å². The molecule has 1 aromatic carbocycles. The highest BCUT2D eigenvalue weighted by Gasteiger charge is 2.16. The third-order valence-corrected chi connectivity index (χ3v) is 7.92. The maximum Gasteiger partial charge on any atom is 0.243 e. The number of nitrogens with one attached hydrogen (secondary N) is 1. The van der Waals surface area contributed by atoms with Crippen LogP contribution in [0.3, 0.4) is 0 Å². The topological polar surface area (TPSA) is 66.5 Å². The van der Waals surface area contributed by atoms with Gasteiger partial charge < -0.3 is 10.2 Å². The van der Waals surface area contributed by atoms with Gasteiger partial charge in [0.25, 0.3) is 0 Å². The van der Waals surface area contributed by atoms with E-state index in [-0.39, 0.29) is 11.7 Å². The molecule has 0 saturated heterocycles. The second-order valence-electron chi connectivity index (χ2n) is 7.81. The summed E-state index contributed by atoms with van der Waals surface area (Å²) in [5.41, 5.74) is 2.98. The molecule has 2 rings (SSSR count). The van der Waals surface area contributed by atoms with Crippen molar-refractivity contribution in [3.8, 4) is 0 Å². The Morgan fingerprint density at radius 3 is 2.32 bits per heavy atom. The molecule has 0 aliphatic rings. The van der Waals surface area contributed by atoms with E-state index in [4.69, 9.17) is 0 Å². The molecule has 1 amide bonds. The summed E-state index contributed by atoms with van der Waals surface area (Å²) in [5, 5.41) is 4.25. The van der Waals surface area contributed by atoms with Crippen LogP contribution >= 0.6 is 11.3 Å². The van der Waals surface area contributed by atoms with E-state index in [2.05, 4.69) is 24.1 Å². The van der Waals surface area contributed by atoms with E-state index in [0.29, 0.717) is 21.3 Å². The number of rotatable bonds is 8. The van der Waals surface area contributed by atoms with Gasteiger partial charge in [0.2, 0.25) is 5.91 Å². The number of hydrogen-bond acceptors (Lipinski definition) is 5. The molecule has 0 radical (unpaired) electrons.